The normalized spacial score (nSPS) is 10.1. The van der Waals surface area contributed by atoms with Crippen molar-refractivity contribution in [2.45, 2.75) is 26.8 Å². The van der Waals surface area contributed by atoms with Gasteiger partial charge in [0.2, 0.25) is 0 Å². The van der Waals surface area contributed by atoms with Crippen molar-refractivity contribution in [3.05, 3.63) is 36.2 Å². The molecule has 0 aliphatic heterocycles. The summed E-state index contributed by atoms with van der Waals surface area (Å²) in [5.74, 6) is 0.794. The number of hydrogen-bond donors (Lipinski definition) is 1. The lowest BCUT2D eigenvalue weighted by molar-refractivity contribution is 0.351. The maximum atomic E-state index is 5.47. The maximum Gasteiger partial charge on any atom is 0.138 e. The first kappa shape index (κ1) is 12.7. The quantitative estimate of drug-likeness (QED) is 0.566. The van der Waals surface area contributed by atoms with Crippen LogP contribution in [-0.2, 0) is 6.54 Å². The monoisotopic (exact) mass is 220 g/mol. The fourth-order valence-corrected chi connectivity index (χ4v) is 1.20. The van der Waals surface area contributed by atoms with Gasteiger partial charge in [-0.3, -0.25) is 4.98 Å². The van der Waals surface area contributed by atoms with Crippen LogP contribution in [0.25, 0.3) is 0 Å². The highest BCUT2D eigenvalue weighted by atomic mass is 16.5. The Labute approximate surface area is 97.5 Å². The molecule has 0 aliphatic carbocycles. The molecular weight excluding hydrogens is 200 g/mol. The third-order valence-electron chi connectivity index (χ3n) is 2.02. The van der Waals surface area contributed by atoms with Gasteiger partial charge in [0.25, 0.3) is 0 Å². The first-order chi connectivity index (χ1) is 7.72. The van der Waals surface area contributed by atoms with Crippen LogP contribution in [0.3, 0.4) is 0 Å². The van der Waals surface area contributed by atoms with Crippen molar-refractivity contribution in [1.29, 1.82) is 0 Å². The highest BCUT2D eigenvalue weighted by Gasteiger charge is 1.96. The average molecular weight is 220 g/mol. The van der Waals surface area contributed by atoms with Crippen LogP contribution in [0.2, 0.25) is 0 Å². The zero-order valence-corrected chi connectivity index (χ0v) is 10.1. The number of aromatic nitrogens is 1. The Morgan fingerprint density at radius 3 is 2.88 bits per heavy atom. The smallest absolute Gasteiger partial charge is 0.138 e. The van der Waals surface area contributed by atoms with Crippen molar-refractivity contribution in [3.8, 4) is 5.75 Å². The molecule has 88 valence electrons. The van der Waals surface area contributed by atoms with Crippen molar-refractivity contribution in [2.24, 2.45) is 0 Å². The molecule has 1 heterocycles. The second-order valence-electron chi connectivity index (χ2n) is 3.91. The van der Waals surface area contributed by atoms with Gasteiger partial charge in [0.1, 0.15) is 12.4 Å². The highest BCUT2D eigenvalue weighted by Crippen LogP contribution is 2.09. The van der Waals surface area contributed by atoms with Crippen LogP contribution in [0.4, 0.5) is 0 Å². The second-order valence-corrected chi connectivity index (χ2v) is 3.91. The van der Waals surface area contributed by atoms with E-state index in [0.29, 0.717) is 6.61 Å². The van der Waals surface area contributed by atoms with E-state index in [-0.39, 0.29) is 0 Å². The molecule has 3 nitrogen and oxygen atoms in total. The van der Waals surface area contributed by atoms with E-state index in [4.69, 9.17) is 4.74 Å². The van der Waals surface area contributed by atoms with Crippen LogP contribution < -0.4 is 10.1 Å². The van der Waals surface area contributed by atoms with Crippen molar-refractivity contribution < 1.29 is 4.74 Å². The van der Waals surface area contributed by atoms with Crippen LogP contribution >= 0.6 is 0 Å². The van der Waals surface area contributed by atoms with Crippen LogP contribution in [0, 0.1) is 0 Å². The van der Waals surface area contributed by atoms with E-state index in [2.05, 4.69) is 23.8 Å². The van der Waals surface area contributed by atoms with E-state index in [1.807, 2.05) is 19.1 Å². The molecule has 0 amide bonds. The molecule has 0 spiro atoms. The number of nitrogens with one attached hydrogen (secondary N) is 1. The summed E-state index contributed by atoms with van der Waals surface area (Å²) in [5, 5.41) is 3.30. The standard InChI is InChI=1S/C13H20N2O/c1-4-7-14-8-12-5-6-13(9-15-12)16-10-11(2)3/h5-6,9,14H,2,4,7-8,10H2,1,3H3. The fourth-order valence-electron chi connectivity index (χ4n) is 1.20. The summed E-state index contributed by atoms with van der Waals surface area (Å²) in [7, 11) is 0. The molecule has 1 aromatic rings. The number of hydrogen-bond acceptors (Lipinski definition) is 3. The predicted molar refractivity (Wildman–Crippen MR) is 66.5 cm³/mol. The number of rotatable bonds is 7. The second kappa shape index (κ2) is 7.01. The molecule has 1 rings (SSSR count). The van der Waals surface area contributed by atoms with Gasteiger partial charge >= 0.3 is 0 Å². The molecule has 0 saturated heterocycles. The molecule has 3 heteroatoms. The third-order valence-corrected chi connectivity index (χ3v) is 2.02. The van der Waals surface area contributed by atoms with Gasteiger partial charge in [-0.05, 0) is 37.6 Å². The zero-order chi connectivity index (χ0) is 11.8. The molecule has 16 heavy (non-hydrogen) atoms. The van der Waals surface area contributed by atoms with Gasteiger partial charge in [-0.1, -0.05) is 13.5 Å². The topological polar surface area (TPSA) is 34.1 Å². The molecule has 0 aliphatic rings. The Kier molecular flexibility index (Phi) is 5.57. The maximum absolute atomic E-state index is 5.47. The van der Waals surface area contributed by atoms with Crippen LogP contribution in [0.5, 0.6) is 5.75 Å². The van der Waals surface area contributed by atoms with Gasteiger partial charge < -0.3 is 10.1 Å². The lowest BCUT2D eigenvalue weighted by Crippen LogP contribution is -2.14. The van der Waals surface area contributed by atoms with Gasteiger partial charge in [-0.25, -0.2) is 0 Å². The molecule has 0 atom stereocenters. The van der Waals surface area contributed by atoms with Gasteiger partial charge in [-0.15, -0.1) is 0 Å². The molecule has 0 radical (unpaired) electrons. The van der Waals surface area contributed by atoms with E-state index in [9.17, 15) is 0 Å². The first-order valence-corrected chi connectivity index (χ1v) is 5.65. The average Bonchev–Trinajstić information content (AvgIpc) is 2.28. The lowest BCUT2D eigenvalue weighted by atomic mass is 10.3. The van der Waals surface area contributed by atoms with Crippen LogP contribution in [0.15, 0.2) is 30.5 Å². The van der Waals surface area contributed by atoms with E-state index in [0.717, 1.165) is 36.5 Å². The summed E-state index contributed by atoms with van der Waals surface area (Å²) < 4.78 is 5.47. The molecule has 0 fully saturated rings. The minimum Gasteiger partial charge on any atom is -0.488 e. The van der Waals surface area contributed by atoms with Crippen molar-refractivity contribution >= 4 is 0 Å². The minimum absolute atomic E-state index is 0.551. The molecule has 1 N–H and O–H groups in total. The summed E-state index contributed by atoms with van der Waals surface area (Å²) in [5.41, 5.74) is 2.05. The summed E-state index contributed by atoms with van der Waals surface area (Å²) in [4.78, 5) is 4.31. The van der Waals surface area contributed by atoms with E-state index >= 15 is 0 Å². The summed E-state index contributed by atoms with van der Waals surface area (Å²) >= 11 is 0. The molecule has 0 saturated carbocycles. The summed E-state index contributed by atoms with van der Waals surface area (Å²) in [6.07, 6.45) is 2.89. The third kappa shape index (κ3) is 4.94. The highest BCUT2D eigenvalue weighted by molar-refractivity contribution is 5.20. The predicted octanol–water partition coefficient (Wildman–Crippen LogP) is 2.54. The Balaban J connectivity index is 2.38. The van der Waals surface area contributed by atoms with Gasteiger partial charge in [0.15, 0.2) is 0 Å². The van der Waals surface area contributed by atoms with Gasteiger partial charge in [-0.2, -0.15) is 0 Å². The fraction of sp³-hybridized carbons (Fsp3) is 0.462. The Bertz CT molecular complexity index is 319. The summed E-state index contributed by atoms with van der Waals surface area (Å²) in [6.45, 7) is 10.3. The lowest BCUT2D eigenvalue weighted by Gasteiger charge is -2.06. The van der Waals surface area contributed by atoms with E-state index in [1.165, 1.54) is 0 Å². The first-order valence-electron chi connectivity index (χ1n) is 5.65. The zero-order valence-electron chi connectivity index (χ0n) is 10.1. The SMILES string of the molecule is C=C(C)COc1ccc(CNCCC)nc1. The molecular formula is C13H20N2O. The number of pyridine rings is 1. The van der Waals surface area contributed by atoms with Crippen LogP contribution in [0.1, 0.15) is 26.0 Å². The van der Waals surface area contributed by atoms with Crippen molar-refractivity contribution in [2.75, 3.05) is 13.2 Å². The number of ether oxygens (including phenoxy) is 1. The van der Waals surface area contributed by atoms with E-state index < -0.39 is 0 Å². The number of nitrogens with zero attached hydrogens (tertiary/aromatic N) is 1. The Morgan fingerprint density at radius 2 is 2.31 bits per heavy atom. The van der Waals surface area contributed by atoms with Crippen molar-refractivity contribution in [3.63, 3.8) is 0 Å². The van der Waals surface area contributed by atoms with Crippen molar-refractivity contribution in [1.82, 2.24) is 10.3 Å². The Hall–Kier alpha value is -1.35. The van der Waals surface area contributed by atoms with Gasteiger partial charge in [0.05, 0.1) is 11.9 Å². The molecule has 0 aromatic carbocycles. The van der Waals surface area contributed by atoms with Gasteiger partial charge in [0, 0.05) is 6.54 Å². The van der Waals surface area contributed by atoms with Crippen LogP contribution in [-0.4, -0.2) is 18.1 Å². The van der Waals surface area contributed by atoms with E-state index in [1.54, 1.807) is 6.20 Å². The molecule has 0 unspecified atom stereocenters. The summed E-state index contributed by atoms with van der Waals surface area (Å²) in [6, 6.07) is 3.93. The molecule has 1 aromatic heterocycles. The minimum atomic E-state index is 0.551. The largest absolute Gasteiger partial charge is 0.488 e. The molecule has 0 bridgehead atoms. The Morgan fingerprint density at radius 1 is 1.50 bits per heavy atom.